The molecule has 0 aliphatic carbocycles. The molecule has 1 amide bonds. The number of benzene rings is 2. The fraction of sp³-hybridized carbons (Fsp3) is 0.381. The van der Waals surface area contributed by atoms with Crippen LogP contribution in [0, 0.1) is 0 Å². The molecule has 0 radical (unpaired) electrons. The molecule has 1 N–H and O–H groups in total. The van der Waals surface area contributed by atoms with Gasteiger partial charge in [0, 0.05) is 17.7 Å². The number of methoxy groups -OCH3 is 1. The molecule has 0 saturated carbocycles. The molecule has 2 aromatic carbocycles. The summed E-state index contributed by atoms with van der Waals surface area (Å²) in [4.78, 5) is 12.5. The monoisotopic (exact) mass is 439 g/mol. The van der Waals surface area contributed by atoms with Gasteiger partial charge in [-0.15, -0.1) is 11.8 Å². The maximum atomic E-state index is 12.5. The van der Waals surface area contributed by atoms with Crippen molar-refractivity contribution in [3.63, 3.8) is 0 Å². The molecule has 2 aromatic rings. The van der Waals surface area contributed by atoms with E-state index in [0.29, 0.717) is 28.0 Å². The third-order valence-corrected chi connectivity index (χ3v) is 6.24. The first-order valence-electron chi connectivity index (χ1n) is 8.95. The molecule has 28 heavy (non-hydrogen) atoms. The smallest absolute Gasteiger partial charge is 0.230 e. The van der Waals surface area contributed by atoms with E-state index < -0.39 is 0 Å². The van der Waals surface area contributed by atoms with Gasteiger partial charge in [-0.1, -0.05) is 29.3 Å². The van der Waals surface area contributed by atoms with Crippen molar-refractivity contribution in [1.29, 1.82) is 0 Å². The fourth-order valence-corrected chi connectivity index (χ4v) is 4.32. The number of carbonyl (C=O) groups is 1. The van der Waals surface area contributed by atoms with E-state index in [-0.39, 0.29) is 17.6 Å². The largest absolute Gasteiger partial charge is 0.497 e. The van der Waals surface area contributed by atoms with Crippen LogP contribution in [0.4, 0.5) is 0 Å². The number of ether oxygens (including phenoxy) is 2. The average molecular weight is 440 g/mol. The number of carbonyl (C=O) groups excluding carboxylic acids is 1. The summed E-state index contributed by atoms with van der Waals surface area (Å²) in [5, 5.41) is 4.21. The van der Waals surface area contributed by atoms with Crippen LogP contribution in [0.1, 0.15) is 37.4 Å². The highest BCUT2D eigenvalue weighted by atomic mass is 35.5. The van der Waals surface area contributed by atoms with Crippen molar-refractivity contribution < 1.29 is 14.3 Å². The molecule has 0 bridgehead atoms. The van der Waals surface area contributed by atoms with Crippen LogP contribution in [-0.4, -0.2) is 24.4 Å². The SMILES string of the molecule is COc1ccc2c(c1)[C@H](NC(=O)CSCc1ccc(Cl)c(Cl)c1)CC(C)(C)O2. The van der Waals surface area contributed by atoms with Gasteiger partial charge in [-0.05, 0) is 49.7 Å². The zero-order valence-electron chi connectivity index (χ0n) is 16.1. The number of hydrogen-bond acceptors (Lipinski definition) is 4. The van der Waals surface area contributed by atoms with Gasteiger partial charge in [0.05, 0.1) is 28.9 Å². The highest BCUT2D eigenvalue weighted by Gasteiger charge is 2.34. The van der Waals surface area contributed by atoms with E-state index in [2.05, 4.69) is 5.32 Å². The van der Waals surface area contributed by atoms with Crippen molar-refractivity contribution >= 4 is 40.9 Å². The van der Waals surface area contributed by atoms with E-state index in [4.69, 9.17) is 32.7 Å². The molecule has 0 aromatic heterocycles. The molecule has 1 aliphatic heterocycles. The van der Waals surface area contributed by atoms with Crippen LogP contribution in [0.5, 0.6) is 11.5 Å². The Morgan fingerprint density at radius 3 is 2.75 bits per heavy atom. The summed E-state index contributed by atoms with van der Waals surface area (Å²) in [5.41, 5.74) is 1.63. The molecule has 1 atom stereocenters. The van der Waals surface area contributed by atoms with Crippen molar-refractivity contribution in [2.24, 2.45) is 0 Å². The highest BCUT2D eigenvalue weighted by Crippen LogP contribution is 2.41. The second kappa shape index (κ2) is 8.85. The third kappa shape index (κ3) is 5.28. The van der Waals surface area contributed by atoms with E-state index in [1.165, 1.54) is 11.8 Å². The van der Waals surface area contributed by atoms with Crippen LogP contribution in [0.2, 0.25) is 10.0 Å². The van der Waals surface area contributed by atoms with E-state index >= 15 is 0 Å². The Hall–Kier alpha value is -1.56. The Kier molecular flexibility index (Phi) is 6.69. The quantitative estimate of drug-likeness (QED) is 0.630. The Morgan fingerprint density at radius 1 is 1.25 bits per heavy atom. The molecular formula is C21H23Cl2NO3S. The van der Waals surface area contributed by atoms with Crippen molar-refractivity contribution in [2.45, 2.75) is 37.7 Å². The van der Waals surface area contributed by atoms with Gasteiger partial charge in [-0.25, -0.2) is 0 Å². The van der Waals surface area contributed by atoms with Crippen LogP contribution >= 0.6 is 35.0 Å². The van der Waals surface area contributed by atoms with Gasteiger partial charge in [0.2, 0.25) is 5.91 Å². The molecule has 4 nitrogen and oxygen atoms in total. The van der Waals surface area contributed by atoms with Crippen LogP contribution in [0.15, 0.2) is 36.4 Å². The first kappa shape index (κ1) is 21.2. The lowest BCUT2D eigenvalue weighted by Crippen LogP contribution is -2.41. The van der Waals surface area contributed by atoms with Gasteiger partial charge in [0.1, 0.15) is 17.1 Å². The standard InChI is InChI=1S/C21H23Cl2NO3S/c1-21(2)10-18(15-9-14(26-3)5-7-19(15)27-21)24-20(25)12-28-11-13-4-6-16(22)17(23)8-13/h4-9,18H,10-12H2,1-3H3,(H,24,25)/t18-/m1/s1. The summed E-state index contributed by atoms with van der Waals surface area (Å²) < 4.78 is 11.4. The molecule has 0 fully saturated rings. The summed E-state index contributed by atoms with van der Waals surface area (Å²) in [5.74, 6) is 2.56. The lowest BCUT2D eigenvalue weighted by Gasteiger charge is -2.38. The predicted octanol–water partition coefficient (Wildman–Crippen LogP) is 5.65. The topological polar surface area (TPSA) is 47.6 Å². The molecule has 7 heteroatoms. The van der Waals surface area contributed by atoms with E-state index in [9.17, 15) is 4.79 Å². The molecule has 150 valence electrons. The first-order valence-corrected chi connectivity index (χ1v) is 10.9. The minimum Gasteiger partial charge on any atom is -0.497 e. The third-order valence-electron chi connectivity index (χ3n) is 4.50. The van der Waals surface area contributed by atoms with Gasteiger partial charge >= 0.3 is 0 Å². The lowest BCUT2D eigenvalue weighted by atomic mass is 9.89. The molecule has 0 saturated heterocycles. The number of thioether (sulfide) groups is 1. The Morgan fingerprint density at radius 2 is 2.04 bits per heavy atom. The maximum Gasteiger partial charge on any atom is 0.230 e. The van der Waals surface area contributed by atoms with Crippen molar-refractivity contribution in [2.75, 3.05) is 12.9 Å². The number of halogens is 2. The number of hydrogen-bond donors (Lipinski definition) is 1. The van der Waals surface area contributed by atoms with Gasteiger partial charge in [0.15, 0.2) is 0 Å². The number of nitrogens with one attached hydrogen (secondary N) is 1. The minimum atomic E-state index is -0.354. The molecular weight excluding hydrogens is 417 g/mol. The molecule has 0 spiro atoms. The Labute approximate surface area is 179 Å². The minimum absolute atomic E-state index is 0.0125. The average Bonchev–Trinajstić information content (AvgIpc) is 2.63. The molecule has 0 unspecified atom stereocenters. The normalized spacial score (nSPS) is 17.4. The van der Waals surface area contributed by atoms with Crippen molar-refractivity contribution in [3.8, 4) is 11.5 Å². The summed E-state index contributed by atoms with van der Waals surface area (Å²) in [6.45, 7) is 4.05. The highest BCUT2D eigenvalue weighted by molar-refractivity contribution is 7.99. The Balaban J connectivity index is 1.62. The summed E-state index contributed by atoms with van der Waals surface area (Å²) >= 11 is 13.5. The zero-order chi connectivity index (χ0) is 20.3. The van der Waals surface area contributed by atoms with Gasteiger partial charge in [-0.3, -0.25) is 4.79 Å². The van der Waals surface area contributed by atoms with Crippen molar-refractivity contribution in [1.82, 2.24) is 5.32 Å². The van der Waals surface area contributed by atoms with Gasteiger partial charge in [-0.2, -0.15) is 0 Å². The fourth-order valence-electron chi connectivity index (χ4n) is 3.22. The lowest BCUT2D eigenvalue weighted by molar-refractivity contribution is -0.119. The van der Waals surface area contributed by atoms with Crippen LogP contribution in [0.3, 0.4) is 0 Å². The number of rotatable bonds is 6. The molecule has 1 aliphatic rings. The zero-order valence-corrected chi connectivity index (χ0v) is 18.4. The van der Waals surface area contributed by atoms with Gasteiger partial charge < -0.3 is 14.8 Å². The number of fused-ring (bicyclic) bond motifs is 1. The Bertz CT molecular complexity index is 873. The van der Waals surface area contributed by atoms with Crippen LogP contribution < -0.4 is 14.8 Å². The van der Waals surface area contributed by atoms with E-state index in [1.807, 2.05) is 44.2 Å². The number of amides is 1. The van der Waals surface area contributed by atoms with E-state index in [0.717, 1.165) is 22.6 Å². The summed E-state index contributed by atoms with van der Waals surface area (Å²) in [6.07, 6.45) is 0.691. The summed E-state index contributed by atoms with van der Waals surface area (Å²) in [7, 11) is 1.63. The van der Waals surface area contributed by atoms with Crippen LogP contribution in [-0.2, 0) is 10.5 Å². The van der Waals surface area contributed by atoms with Crippen LogP contribution in [0.25, 0.3) is 0 Å². The second-order valence-electron chi connectivity index (χ2n) is 7.33. The second-order valence-corrected chi connectivity index (χ2v) is 9.13. The molecule has 3 rings (SSSR count). The maximum absolute atomic E-state index is 12.5. The predicted molar refractivity (Wildman–Crippen MR) is 116 cm³/mol. The first-order chi connectivity index (χ1) is 13.3. The summed E-state index contributed by atoms with van der Waals surface area (Å²) in [6, 6.07) is 11.1. The molecule has 1 heterocycles. The van der Waals surface area contributed by atoms with Gasteiger partial charge in [0.25, 0.3) is 0 Å². The van der Waals surface area contributed by atoms with E-state index in [1.54, 1.807) is 13.2 Å². The van der Waals surface area contributed by atoms with Crippen molar-refractivity contribution in [3.05, 3.63) is 57.6 Å².